The molecule has 11 heavy (non-hydrogen) atoms. The molecule has 0 aliphatic carbocycles. The summed E-state index contributed by atoms with van der Waals surface area (Å²) in [7, 11) is 0. The largest absolute Gasteiger partial charge is 0.480 e. The number of rotatable bonds is 0. The van der Waals surface area contributed by atoms with Crippen molar-refractivity contribution in [2.45, 2.75) is 6.92 Å². The molecule has 0 radical (unpaired) electrons. The van der Waals surface area contributed by atoms with E-state index < -0.39 is 0 Å². The lowest BCUT2D eigenvalue weighted by Crippen LogP contribution is -1.69. The SMILES string of the molecule is Cc1c(O)oc2cnccc12. The fraction of sp³-hybridized carbons (Fsp3) is 0.125. The van der Waals surface area contributed by atoms with Crippen molar-refractivity contribution in [3.8, 4) is 5.95 Å². The first-order chi connectivity index (χ1) is 5.29. The summed E-state index contributed by atoms with van der Waals surface area (Å²) in [6.45, 7) is 1.81. The van der Waals surface area contributed by atoms with E-state index in [1.165, 1.54) is 0 Å². The highest BCUT2D eigenvalue weighted by molar-refractivity contribution is 5.81. The normalized spacial score (nSPS) is 10.6. The zero-order valence-corrected chi connectivity index (χ0v) is 6.03. The van der Waals surface area contributed by atoms with Crippen LogP contribution in [0.5, 0.6) is 5.95 Å². The van der Waals surface area contributed by atoms with Gasteiger partial charge in [-0.3, -0.25) is 4.98 Å². The van der Waals surface area contributed by atoms with Crippen LogP contribution in [0.4, 0.5) is 0 Å². The molecule has 0 saturated heterocycles. The van der Waals surface area contributed by atoms with Crippen molar-refractivity contribution in [2.24, 2.45) is 0 Å². The Labute approximate surface area is 63.3 Å². The number of nitrogens with zero attached hydrogens (tertiary/aromatic N) is 1. The second-order valence-corrected chi connectivity index (χ2v) is 2.40. The van der Waals surface area contributed by atoms with Crippen LogP contribution in [0.3, 0.4) is 0 Å². The summed E-state index contributed by atoms with van der Waals surface area (Å²) >= 11 is 0. The first-order valence-corrected chi connectivity index (χ1v) is 3.31. The van der Waals surface area contributed by atoms with Gasteiger partial charge >= 0.3 is 0 Å². The number of hydrogen-bond acceptors (Lipinski definition) is 3. The zero-order chi connectivity index (χ0) is 7.84. The molecule has 0 amide bonds. The van der Waals surface area contributed by atoms with Gasteiger partial charge in [0.1, 0.15) is 0 Å². The summed E-state index contributed by atoms with van der Waals surface area (Å²) in [5.41, 5.74) is 1.39. The molecule has 0 unspecified atom stereocenters. The number of pyridine rings is 1. The van der Waals surface area contributed by atoms with Gasteiger partial charge in [-0.25, -0.2) is 0 Å². The van der Waals surface area contributed by atoms with Crippen molar-refractivity contribution >= 4 is 11.0 Å². The zero-order valence-electron chi connectivity index (χ0n) is 6.03. The molecule has 0 aromatic carbocycles. The van der Waals surface area contributed by atoms with Crippen LogP contribution in [0, 0.1) is 6.92 Å². The number of aromatic nitrogens is 1. The smallest absolute Gasteiger partial charge is 0.286 e. The second-order valence-electron chi connectivity index (χ2n) is 2.40. The second kappa shape index (κ2) is 1.99. The molecule has 0 aliphatic rings. The molecule has 0 fully saturated rings. The van der Waals surface area contributed by atoms with Crippen LogP contribution in [0.1, 0.15) is 5.56 Å². The summed E-state index contributed by atoms with van der Waals surface area (Å²) in [4.78, 5) is 3.86. The molecule has 0 spiro atoms. The number of aromatic hydroxyl groups is 1. The summed E-state index contributed by atoms with van der Waals surface area (Å²) in [6, 6.07) is 1.81. The molecule has 3 nitrogen and oxygen atoms in total. The molecular weight excluding hydrogens is 142 g/mol. The molecule has 3 heteroatoms. The van der Waals surface area contributed by atoms with Gasteiger partial charge in [-0.1, -0.05) is 0 Å². The van der Waals surface area contributed by atoms with Crippen molar-refractivity contribution in [2.75, 3.05) is 0 Å². The third-order valence-electron chi connectivity index (χ3n) is 1.72. The number of hydrogen-bond donors (Lipinski definition) is 1. The van der Waals surface area contributed by atoms with E-state index >= 15 is 0 Å². The van der Waals surface area contributed by atoms with E-state index in [-0.39, 0.29) is 5.95 Å². The molecule has 56 valence electrons. The van der Waals surface area contributed by atoms with Crippen molar-refractivity contribution < 1.29 is 9.52 Å². The van der Waals surface area contributed by atoms with Crippen molar-refractivity contribution in [3.63, 3.8) is 0 Å². The van der Waals surface area contributed by atoms with Crippen molar-refractivity contribution in [1.82, 2.24) is 4.98 Å². The maximum atomic E-state index is 9.15. The highest BCUT2D eigenvalue weighted by atomic mass is 16.5. The average molecular weight is 149 g/mol. The van der Waals surface area contributed by atoms with Crippen molar-refractivity contribution in [1.29, 1.82) is 0 Å². The van der Waals surface area contributed by atoms with Crippen LogP contribution in [-0.4, -0.2) is 10.1 Å². The lowest BCUT2D eigenvalue weighted by atomic mass is 10.2. The Morgan fingerprint density at radius 3 is 3.09 bits per heavy atom. The maximum Gasteiger partial charge on any atom is 0.286 e. The highest BCUT2D eigenvalue weighted by Gasteiger charge is 2.06. The molecule has 2 aromatic rings. The van der Waals surface area contributed by atoms with E-state index in [2.05, 4.69) is 4.98 Å². The fourth-order valence-corrected chi connectivity index (χ4v) is 1.07. The minimum Gasteiger partial charge on any atom is -0.480 e. The molecule has 1 N–H and O–H groups in total. The van der Waals surface area contributed by atoms with Crippen LogP contribution in [-0.2, 0) is 0 Å². The average Bonchev–Trinajstić information content (AvgIpc) is 2.30. The lowest BCUT2D eigenvalue weighted by Gasteiger charge is -1.83. The Morgan fingerprint density at radius 2 is 2.36 bits per heavy atom. The van der Waals surface area contributed by atoms with E-state index in [9.17, 15) is 0 Å². The van der Waals surface area contributed by atoms with Crippen LogP contribution in [0.2, 0.25) is 0 Å². The molecule has 2 heterocycles. The summed E-state index contributed by atoms with van der Waals surface area (Å²) in [5, 5.41) is 10.1. The molecule has 0 saturated carbocycles. The van der Waals surface area contributed by atoms with Gasteiger partial charge in [0.25, 0.3) is 5.95 Å². The van der Waals surface area contributed by atoms with Gasteiger partial charge in [-0.05, 0) is 13.0 Å². The van der Waals surface area contributed by atoms with Crippen LogP contribution in [0.15, 0.2) is 22.9 Å². The van der Waals surface area contributed by atoms with E-state index in [0.717, 1.165) is 10.9 Å². The monoisotopic (exact) mass is 149 g/mol. The van der Waals surface area contributed by atoms with E-state index in [0.29, 0.717) is 5.58 Å². The van der Waals surface area contributed by atoms with Gasteiger partial charge in [0.05, 0.1) is 6.20 Å². The Balaban J connectivity index is 2.92. The lowest BCUT2D eigenvalue weighted by molar-refractivity contribution is 0.343. The third kappa shape index (κ3) is 0.774. The number of aryl methyl sites for hydroxylation is 1. The first-order valence-electron chi connectivity index (χ1n) is 3.31. The predicted octanol–water partition coefficient (Wildman–Crippen LogP) is 1.84. The third-order valence-corrected chi connectivity index (χ3v) is 1.72. The summed E-state index contributed by atoms with van der Waals surface area (Å²) < 4.78 is 4.99. The maximum absolute atomic E-state index is 9.15. The molecule has 0 atom stereocenters. The Kier molecular flexibility index (Phi) is 1.12. The Bertz CT molecular complexity index is 392. The molecule has 2 rings (SSSR count). The first kappa shape index (κ1) is 6.22. The fourth-order valence-electron chi connectivity index (χ4n) is 1.07. The Morgan fingerprint density at radius 1 is 1.55 bits per heavy atom. The van der Waals surface area contributed by atoms with Gasteiger partial charge < -0.3 is 9.52 Å². The molecule has 0 bridgehead atoms. The van der Waals surface area contributed by atoms with E-state index in [1.807, 2.05) is 6.07 Å². The molecule has 2 aromatic heterocycles. The van der Waals surface area contributed by atoms with Gasteiger partial charge in [0.2, 0.25) is 0 Å². The highest BCUT2D eigenvalue weighted by Crippen LogP contribution is 2.28. The Hall–Kier alpha value is -1.51. The molecule has 0 aliphatic heterocycles. The number of furan rings is 1. The van der Waals surface area contributed by atoms with Crippen LogP contribution in [0.25, 0.3) is 11.0 Å². The van der Waals surface area contributed by atoms with Crippen LogP contribution < -0.4 is 0 Å². The van der Waals surface area contributed by atoms with Gasteiger partial charge in [0, 0.05) is 17.1 Å². The topological polar surface area (TPSA) is 46.3 Å². The van der Waals surface area contributed by atoms with Gasteiger partial charge in [0.15, 0.2) is 5.58 Å². The van der Waals surface area contributed by atoms with Gasteiger partial charge in [-0.15, -0.1) is 0 Å². The summed E-state index contributed by atoms with van der Waals surface area (Å²) in [6.07, 6.45) is 3.26. The quantitative estimate of drug-likeness (QED) is 0.621. The standard InChI is InChI=1S/C8H7NO2/c1-5-6-2-3-9-4-7(6)11-8(5)10/h2-4,10H,1H3. The van der Waals surface area contributed by atoms with E-state index in [4.69, 9.17) is 9.52 Å². The predicted molar refractivity (Wildman–Crippen MR) is 40.4 cm³/mol. The van der Waals surface area contributed by atoms with Crippen LogP contribution >= 0.6 is 0 Å². The van der Waals surface area contributed by atoms with Crippen molar-refractivity contribution in [3.05, 3.63) is 24.0 Å². The minimum absolute atomic E-state index is 0.0204. The molecular formula is C8H7NO2. The number of fused-ring (bicyclic) bond motifs is 1. The van der Waals surface area contributed by atoms with E-state index in [1.54, 1.807) is 19.3 Å². The minimum atomic E-state index is -0.0204. The summed E-state index contributed by atoms with van der Waals surface area (Å²) in [5.74, 6) is -0.0204. The van der Waals surface area contributed by atoms with Gasteiger partial charge in [-0.2, -0.15) is 0 Å².